The number of rotatable bonds is 2. The smallest absolute Gasteiger partial charge is 0.196 e. The molecular weight excluding hydrogens is 409 g/mol. The summed E-state index contributed by atoms with van der Waals surface area (Å²) >= 11 is 8.59. The fourth-order valence-electron chi connectivity index (χ4n) is 2.18. The van der Waals surface area contributed by atoms with Crippen molar-refractivity contribution in [3.8, 4) is 0 Å². The lowest BCUT2D eigenvalue weighted by Gasteiger charge is -2.25. The minimum Gasteiger partial charge on any atom is -0.369 e. The predicted octanol–water partition coefficient (Wildman–Crippen LogP) is 4.29. The topological polar surface area (TPSA) is 41.6 Å². The summed E-state index contributed by atoms with van der Waals surface area (Å²) in [6, 6.07) is 8.44. The summed E-state index contributed by atoms with van der Waals surface area (Å²) < 4.78 is 15.5. The molecule has 1 atom stereocenters. The van der Waals surface area contributed by atoms with E-state index in [1.165, 1.54) is 12.1 Å². The number of halogens is 3. The van der Waals surface area contributed by atoms with Crippen molar-refractivity contribution in [2.45, 2.75) is 6.04 Å². The van der Waals surface area contributed by atoms with Gasteiger partial charge >= 0.3 is 0 Å². The predicted molar refractivity (Wildman–Crippen MR) is 87.8 cm³/mol. The van der Waals surface area contributed by atoms with Gasteiger partial charge in [-0.1, -0.05) is 6.07 Å². The molecule has 0 fully saturated rings. The number of guanidine groups is 1. The van der Waals surface area contributed by atoms with E-state index in [1.54, 1.807) is 17.4 Å². The summed E-state index contributed by atoms with van der Waals surface area (Å²) in [5.41, 5.74) is 6.69. The molecule has 2 heterocycles. The first-order chi connectivity index (χ1) is 9.56. The van der Waals surface area contributed by atoms with Crippen LogP contribution >= 0.6 is 43.2 Å². The quantitative estimate of drug-likeness (QED) is 0.790. The van der Waals surface area contributed by atoms with Crippen LogP contribution in [0.4, 0.5) is 10.1 Å². The summed E-state index contributed by atoms with van der Waals surface area (Å²) in [5, 5.41) is 0. The number of aliphatic imine (C=N–C) groups is 1. The number of nitrogens with zero attached hydrogens (tertiary/aromatic N) is 2. The zero-order valence-electron chi connectivity index (χ0n) is 10.2. The van der Waals surface area contributed by atoms with Crippen LogP contribution in [0.3, 0.4) is 0 Å². The monoisotopic (exact) mass is 417 g/mol. The molecule has 1 unspecified atom stereocenters. The van der Waals surface area contributed by atoms with Crippen molar-refractivity contribution in [2.75, 3.05) is 11.4 Å². The minimum atomic E-state index is -0.283. The van der Waals surface area contributed by atoms with Crippen molar-refractivity contribution < 1.29 is 4.39 Å². The number of hydrogen-bond donors (Lipinski definition) is 1. The Balaban J connectivity index is 2.00. The van der Waals surface area contributed by atoms with Crippen LogP contribution in [0.1, 0.15) is 10.9 Å². The highest BCUT2D eigenvalue weighted by atomic mass is 79.9. The van der Waals surface area contributed by atoms with Gasteiger partial charge in [-0.2, -0.15) is 0 Å². The second-order valence-corrected chi connectivity index (χ2v) is 7.59. The summed E-state index contributed by atoms with van der Waals surface area (Å²) in [4.78, 5) is 7.29. The Hall–Kier alpha value is -0.920. The van der Waals surface area contributed by atoms with Crippen LogP contribution < -0.4 is 10.6 Å². The fraction of sp³-hybridized carbons (Fsp3) is 0.154. The molecule has 1 aliphatic rings. The third-order valence-electron chi connectivity index (χ3n) is 3.06. The number of benzene rings is 1. The molecule has 104 valence electrons. The van der Waals surface area contributed by atoms with E-state index in [9.17, 15) is 4.39 Å². The SMILES string of the molecule is NC1=NCC(c2cc(Br)c(Br)s2)N1c1cccc(F)c1. The molecule has 0 amide bonds. The van der Waals surface area contributed by atoms with Crippen LogP contribution in [-0.4, -0.2) is 12.5 Å². The van der Waals surface area contributed by atoms with Crippen LogP contribution in [0.5, 0.6) is 0 Å². The van der Waals surface area contributed by atoms with E-state index < -0.39 is 0 Å². The highest BCUT2D eigenvalue weighted by Gasteiger charge is 2.30. The Morgan fingerprint density at radius 2 is 2.15 bits per heavy atom. The molecule has 0 spiro atoms. The van der Waals surface area contributed by atoms with Crippen molar-refractivity contribution in [1.29, 1.82) is 0 Å². The van der Waals surface area contributed by atoms with Gasteiger partial charge in [0, 0.05) is 15.0 Å². The second kappa shape index (κ2) is 5.46. The average Bonchev–Trinajstić information content (AvgIpc) is 2.93. The van der Waals surface area contributed by atoms with Gasteiger partial charge in [0.15, 0.2) is 5.96 Å². The minimum absolute atomic E-state index is 0.00407. The van der Waals surface area contributed by atoms with Crippen molar-refractivity contribution in [2.24, 2.45) is 10.7 Å². The normalized spacial score (nSPS) is 18.4. The van der Waals surface area contributed by atoms with Gasteiger partial charge in [-0.05, 0) is 56.1 Å². The summed E-state index contributed by atoms with van der Waals surface area (Å²) in [5.74, 6) is 0.135. The molecule has 0 radical (unpaired) electrons. The largest absolute Gasteiger partial charge is 0.369 e. The van der Waals surface area contributed by atoms with Crippen molar-refractivity contribution >= 4 is 54.8 Å². The zero-order chi connectivity index (χ0) is 14.3. The molecule has 1 aromatic heterocycles. The maximum absolute atomic E-state index is 13.4. The molecule has 1 aliphatic heterocycles. The zero-order valence-corrected chi connectivity index (χ0v) is 14.2. The Morgan fingerprint density at radius 3 is 2.80 bits per heavy atom. The molecule has 3 nitrogen and oxygen atoms in total. The summed E-state index contributed by atoms with van der Waals surface area (Å²) in [6.45, 7) is 0.571. The lowest BCUT2D eigenvalue weighted by Crippen LogP contribution is -2.35. The first-order valence-corrected chi connectivity index (χ1v) is 8.26. The molecule has 2 N–H and O–H groups in total. The van der Waals surface area contributed by atoms with E-state index in [2.05, 4.69) is 36.9 Å². The molecule has 1 aromatic carbocycles. The van der Waals surface area contributed by atoms with Crippen LogP contribution in [0.25, 0.3) is 0 Å². The Bertz CT molecular complexity index is 667. The van der Waals surface area contributed by atoms with E-state index in [0.29, 0.717) is 12.5 Å². The third kappa shape index (κ3) is 2.49. The first kappa shape index (κ1) is 14.0. The van der Waals surface area contributed by atoms with Crippen molar-refractivity contribution in [3.63, 3.8) is 0 Å². The first-order valence-electron chi connectivity index (χ1n) is 5.85. The van der Waals surface area contributed by atoms with Gasteiger partial charge in [0.1, 0.15) is 5.82 Å². The highest BCUT2D eigenvalue weighted by Crippen LogP contribution is 2.40. The molecule has 0 aliphatic carbocycles. The fourth-order valence-corrected chi connectivity index (χ4v) is 4.35. The molecule has 0 saturated heterocycles. The molecule has 0 saturated carbocycles. The second-order valence-electron chi connectivity index (χ2n) is 4.33. The lowest BCUT2D eigenvalue weighted by molar-refractivity contribution is 0.627. The Labute approximate surface area is 136 Å². The van der Waals surface area contributed by atoms with Crippen LogP contribution in [0.2, 0.25) is 0 Å². The third-order valence-corrected chi connectivity index (χ3v) is 6.42. The van der Waals surface area contributed by atoms with E-state index in [0.717, 1.165) is 18.8 Å². The van der Waals surface area contributed by atoms with Crippen LogP contribution in [-0.2, 0) is 0 Å². The number of nitrogens with two attached hydrogens (primary N) is 1. The molecule has 0 bridgehead atoms. The Kier molecular flexibility index (Phi) is 3.83. The molecule has 2 aromatic rings. The standard InChI is InChI=1S/C13H10Br2FN3S/c14-9-5-11(20-12(9)15)10-6-18-13(17)19(10)8-3-1-2-7(16)4-8/h1-5,10H,6H2,(H2,17,18). The van der Waals surface area contributed by atoms with Gasteiger partial charge in [0.2, 0.25) is 0 Å². The van der Waals surface area contributed by atoms with Gasteiger partial charge in [-0.25, -0.2) is 4.39 Å². The molecular formula is C13H10Br2FN3S. The number of hydrogen-bond acceptors (Lipinski definition) is 4. The average molecular weight is 419 g/mol. The number of thiophene rings is 1. The van der Waals surface area contributed by atoms with Gasteiger partial charge in [-0.15, -0.1) is 11.3 Å². The van der Waals surface area contributed by atoms with E-state index in [4.69, 9.17) is 5.73 Å². The van der Waals surface area contributed by atoms with Crippen LogP contribution in [0.15, 0.2) is 43.6 Å². The van der Waals surface area contributed by atoms with Gasteiger partial charge < -0.3 is 10.6 Å². The maximum atomic E-state index is 13.4. The van der Waals surface area contributed by atoms with Gasteiger partial charge in [0.05, 0.1) is 16.4 Å². The van der Waals surface area contributed by atoms with Crippen molar-refractivity contribution in [1.82, 2.24) is 0 Å². The molecule has 7 heteroatoms. The highest BCUT2D eigenvalue weighted by molar-refractivity contribution is 9.13. The van der Waals surface area contributed by atoms with Crippen molar-refractivity contribution in [3.05, 3.63) is 49.3 Å². The molecule has 3 rings (SSSR count). The van der Waals surface area contributed by atoms with E-state index in [-0.39, 0.29) is 11.9 Å². The van der Waals surface area contributed by atoms with E-state index >= 15 is 0 Å². The van der Waals surface area contributed by atoms with Gasteiger partial charge in [-0.3, -0.25) is 4.99 Å². The number of anilines is 1. The summed E-state index contributed by atoms with van der Waals surface area (Å²) in [6.07, 6.45) is 0. The lowest BCUT2D eigenvalue weighted by atomic mass is 10.2. The van der Waals surface area contributed by atoms with E-state index in [1.807, 2.05) is 17.0 Å². The maximum Gasteiger partial charge on any atom is 0.196 e. The van der Waals surface area contributed by atoms with Crippen LogP contribution in [0, 0.1) is 5.82 Å². The Morgan fingerprint density at radius 1 is 1.35 bits per heavy atom. The molecule has 20 heavy (non-hydrogen) atoms. The summed E-state index contributed by atoms with van der Waals surface area (Å²) in [7, 11) is 0. The van der Waals surface area contributed by atoms with Gasteiger partial charge in [0.25, 0.3) is 0 Å².